The van der Waals surface area contributed by atoms with Crippen LogP contribution in [0.5, 0.6) is 0 Å². The van der Waals surface area contributed by atoms with Crippen LogP contribution in [0.1, 0.15) is 11.1 Å². The Morgan fingerprint density at radius 1 is 0.629 bits per heavy atom. The molecule has 35 heavy (non-hydrogen) atoms. The minimum atomic E-state index is -0.837. The van der Waals surface area contributed by atoms with E-state index in [9.17, 15) is 0 Å². The van der Waals surface area contributed by atoms with E-state index in [0.717, 1.165) is 11.1 Å². The highest BCUT2D eigenvalue weighted by Crippen LogP contribution is 2.50. The smallest absolute Gasteiger partial charge is 0.125 e. The average Bonchev–Trinajstić information content (AvgIpc) is 3.19. The van der Waals surface area contributed by atoms with Crippen molar-refractivity contribution in [2.24, 2.45) is 5.22 Å². The van der Waals surface area contributed by atoms with E-state index in [2.05, 4.69) is 0 Å². The standard InChI is InChI=1S/C26H16Cl6N3/c27-18-11-20(29)24(21(30)12-18)34-15-26(16-7-3-1-4-8-16,17-9-5-2-6-10-17)35(33-34)25-22(31)13-19(28)14-23(25)32/h1-14H,15H2/q+1. The Morgan fingerprint density at radius 3 is 1.51 bits per heavy atom. The number of rotatable bonds is 4. The van der Waals surface area contributed by atoms with E-state index in [1.807, 2.05) is 65.7 Å². The first-order valence-electron chi connectivity index (χ1n) is 10.5. The van der Waals surface area contributed by atoms with E-state index in [1.54, 1.807) is 29.0 Å². The second kappa shape index (κ2) is 9.82. The van der Waals surface area contributed by atoms with Gasteiger partial charge in [0.2, 0.25) is 5.54 Å². The lowest BCUT2D eigenvalue weighted by molar-refractivity contribution is -0.502. The van der Waals surface area contributed by atoms with E-state index >= 15 is 0 Å². The lowest BCUT2D eigenvalue weighted by atomic mass is 9.81. The van der Waals surface area contributed by atoms with Crippen LogP contribution in [0.3, 0.4) is 0 Å². The molecule has 0 fully saturated rings. The third-order valence-corrected chi connectivity index (χ3v) is 7.46. The number of halogens is 6. The van der Waals surface area contributed by atoms with Crippen LogP contribution in [-0.2, 0) is 5.54 Å². The van der Waals surface area contributed by atoms with Crippen molar-refractivity contribution in [3.63, 3.8) is 0 Å². The quantitative estimate of drug-likeness (QED) is 0.219. The molecule has 0 saturated heterocycles. The molecule has 4 aromatic carbocycles. The van der Waals surface area contributed by atoms with Gasteiger partial charge in [0.25, 0.3) is 0 Å². The Hall–Kier alpha value is -1.98. The molecule has 0 radical (unpaired) electrons. The van der Waals surface area contributed by atoms with E-state index in [4.69, 9.17) is 74.8 Å². The highest BCUT2D eigenvalue weighted by Gasteiger charge is 2.56. The number of benzene rings is 4. The summed E-state index contributed by atoms with van der Waals surface area (Å²) in [7, 11) is 0. The Morgan fingerprint density at radius 2 is 1.06 bits per heavy atom. The molecule has 1 aliphatic rings. The fourth-order valence-corrected chi connectivity index (χ4v) is 6.39. The molecule has 0 N–H and O–H groups in total. The summed E-state index contributed by atoms with van der Waals surface area (Å²) in [4.78, 5) is 0. The summed E-state index contributed by atoms with van der Waals surface area (Å²) < 4.78 is 1.75. The van der Waals surface area contributed by atoms with Crippen LogP contribution in [0.25, 0.3) is 0 Å². The summed E-state index contributed by atoms with van der Waals surface area (Å²) in [5.74, 6) is 0. The van der Waals surface area contributed by atoms with Gasteiger partial charge in [-0.25, -0.2) is 0 Å². The van der Waals surface area contributed by atoms with Crippen molar-refractivity contribution in [3.05, 3.63) is 126 Å². The van der Waals surface area contributed by atoms with Crippen LogP contribution in [0.2, 0.25) is 30.1 Å². The zero-order chi connectivity index (χ0) is 24.7. The van der Waals surface area contributed by atoms with Crippen LogP contribution >= 0.6 is 69.6 Å². The van der Waals surface area contributed by atoms with Crippen molar-refractivity contribution in [1.29, 1.82) is 0 Å². The number of anilines is 1. The number of nitrogens with zero attached hydrogens (tertiary/aromatic N) is 3. The maximum atomic E-state index is 6.74. The number of hydrogen-bond donors (Lipinski definition) is 0. The summed E-state index contributed by atoms with van der Waals surface area (Å²) in [5.41, 5.74) is 2.14. The van der Waals surface area contributed by atoms with E-state index in [0.29, 0.717) is 48.1 Å². The molecule has 0 aliphatic carbocycles. The maximum Gasteiger partial charge on any atom is 0.223 e. The summed E-state index contributed by atoms with van der Waals surface area (Å²) in [6.45, 7) is 0.359. The number of hydrogen-bond acceptors (Lipinski definition) is 2. The van der Waals surface area contributed by atoms with Crippen LogP contribution in [-0.4, -0.2) is 11.2 Å². The second-order valence-corrected chi connectivity index (χ2v) is 10.5. The van der Waals surface area contributed by atoms with Gasteiger partial charge in [0.15, 0.2) is 17.9 Å². The van der Waals surface area contributed by atoms with Gasteiger partial charge < -0.3 is 0 Å². The third-order valence-electron chi connectivity index (χ3n) is 5.87. The second-order valence-electron chi connectivity index (χ2n) is 7.99. The van der Waals surface area contributed by atoms with E-state index < -0.39 is 5.54 Å². The normalized spacial score (nSPS) is 14.8. The van der Waals surface area contributed by atoms with Gasteiger partial charge in [0.1, 0.15) is 0 Å². The minimum Gasteiger partial charge on any atom is -0.125 e. The van der Waals surface area contributed by atoms with Gasteiger partial charge in [-0.1, -0.05) is 130 Å². The molecule has 0 aromatic heterocycles. The van der Waals surface area contributed by atoms with Crippen molar-refractivity contribution in [3.8, 4) is 0 Å². The van der Waals surface area contributed by atoms with Crippen molar-refractivity contribution in [2.75, 3.05) is 11.6 Å². The van der Waals surface area contributed by atoms with Crippen LogP contribution in [0.4, 0.5) is 11.4 Å². The lowest BCUT2D eigenvalue weighted by Crippen LogP contribution is -2.44. The van der Waals surface area contributed by atoms with E-state index in [-0.39, 0.29) is 0 Å². The predicted octanol–water partition coefficient (Wildman–Crippen LogP) is 10.1. The van der Waals surface area contributed by atoms with Gasteiger partial charge in [0, 0.05) is 21.2 Å². The Kier molecular flexibility index (Phi) is 6.93. The molecule has 0 amide bonds. The fourth-order valence-electron chi connectivity index (χ4n) is 4.40. The average molecular weight is 583 g/mol. The molecule has 0 saturated carbocycles. The van der Waals surface area contributed by atoms with Crippen molar-refractivity contribution >= 4 is 81.0 Å². The first-order valence-corrected chi connectivity index (χ1v) is 12.8. The van der Waals surface area contributed by atoms with Crippen LogP contribution in [0.15, 0.2) is 90.2 Å². The Bertz CT molecular complexity index is 1350. The molecular weight excluding hydrogens is 567 g/mol. The van der Waals surface area contributed by atoms with Gasteiger partial charge in [-0.3, -0.25) is 0 Å². The Labute approximate surface area is 233 Å². The largest absolute Gasteiger partial charge is 0.223 e. The summed E-state index contributed by atoms with van der Waals surface area (Å²) >= 11 is 39.1. The molecule has 0 bridgehead atoms. The molecule has 0 atom stereocenters. The fraction of sp³-hybridized carbons (Fsp3) is 0.0769. The highest BCUT2D eigenvalue weighted by molar-refractivity contribution is 6.42. The van der Waals surface area contributed by atoms with Crippen LogP contribution in [0, 0.1) is 0 Å². The monoisotopic (exact) mass is 580 g/mol. The minimum absolute atomic E-state index is 0.359. The molecule has 1 aliphatic heterocycles. The summed E-state index contributed by atoms with van der Waals surface area (Å²) in [5, 5.41) is 9.12. The maximum absolute atomic E-state index is 6.74. The molecule has 4 aromatic rings. The van der Waals surface area contributed by atoms with Gasteiger partial charge >= 0.3 is 0 Å². The van der Waals surface area contributed by atoms with Crippen LogP contribution < -0.4 is 5.01 Å². The zero-order valence-corrected chi connectivity index (χ0v) is 22.4. The summed E-state index contributed by atoms with van der Waals surface area (Å²) in [6.07, 6.45) is 0. The topological polar surface area (TPSA) is 18.6 Å². The first-order chi connectivity index (χ1) is 16.8. The van der Waals surface area contributed by atoms with Gasteiger partial charge in [-0.15, -0.1) is 9.71 Å². The molecule has 0 unspecified atom stereocenters. The SMILES string of the molecule is Clc1cc(Cl)c(N2N=[N+](c3c(Cl)cc(Cl)cc3Cl)CC2(c2ccccc2)c2ccccc2)c(Cl)c1. The predicted molar refractivity (Wildman–Crippen MR) is 146 cm³/mol. The Balaban J connectivity index is 1.85. The van der Waals surface area contributed by atoms with Crippen molar-refractivity contribution in [1.82, 2.24) is 0 Å². The third kappa shape index (κ3) is 4.40. The molecule has 5 rings (SSSR count). The molecule has 1 heterocycles. The molecule has 3 nitrogen and oxygen atoms in total. The van der Waals surface area contributed by atoms with E-state index in [1.165, 1.54) is 0 Å². The molecule has 176 valence electrons. The zero-order valence-electron chi connectivity index (χ0n) is 17.9. The lowest BCUT2D eigenvalue weighted by Gasteiger charge is -2.31. The molecule has 9 heteroatoms. The van der Waals surface area contributed by atoms with Gasteiger partial charge in [-0.2, -0.15) is 0 Å². The molecule has 0 spiro atoms. The first kappa shape index (κ1) is 24.7. The van der Waals surface area contributed by atoms with Crippen molar-refractivity contribution in [2.45, 2.75) is 5.54 Å². The van der Waals surface area contributed by atoms with Gasteiger partial charge in [0.05, 0.1) is 25.3 Å². The molecular formula is C26H16Cl6N3+. The summed E-state index contributed by atoms with van der Waals surface area (Å²) in [6, 6.07) is 26.6. The van der Waals surface area contributed by atoms with Gasteiger partial charge in [-0.05, 0) is 24.3 Å². The van der Waals surface area contributed by atoms with Crippen molar-refractivity contribution < 1.29 is 4.70 Å². The highest BCUT2D eigenvalue weighted by atomic mass is 35.5.